The average molecular weight is 308 g/mol. The maximum atomic E-state index is 12.2. The molecule has 3 rings (SSSR count). The first kappa shape index (κ1) is 13.8. The van der Waals surface area contributed by atoms with Crippen LogP contribution in [-0.2, 0) is 0 Å². The molecule has 3 heterocycles. The van der Waals surface area contributed by atoms with Gasteiger partial charge in [0.05, 0.1) is 0 Å². The lowest BCUT2D eigenvalue weighted by molar-refractivity contribution is 0.0524. The van der Waals surface area contributed by atoms with Gasteiger partial charge >= 0.3 is 0 Å². The lowest BCUT2D eigenvalue weighted by Gasteiger charge is -2.33. The summed E-state index contributed by atoms with van der Waals surface area (Å²) in [6, 6.07) is 0. The van der Waals surface area contributed by atoms with E-state index in [0.29, 0.717) is 26.2 Å². The fourth-order valence-corrected chi connectivity index (χ4v) is 2.10. The second-order valence-corrected chi connectivity index (χ2v) is 4.58. The minimum atomic E-state index is -0.395. The summed E-state index contributed by atoms with van der Waals surface area (Å²) in [5.41, 5.74) is 10.9. The predicted molar refractivity (Wildman–Crippen MR) is 69.2 cm³/mol. The number of hydrogen-bond acceptors (Lipinski definition) is 10. The molecule has 12 heteroatoms. The van der Waals surface area contributed by atoms with E-state index in [1.54, 1.807) is 0 Å². The number of amides is 2. The van der Waals surface area contributed by atoms with E-state index in [-0.39, 0.29) is 23.0 Å². The summed E-state index contributed by atoms with van der Waals surface area (Å²) in [5, 5.41) is 13.7. The van der Waals surface area contributed by atoms with Crippen molar-refractivity contribution in [1.29, 1.82) is 0 Å². The van der Waals surface area contributed by atoms with Crippen molar-refractivity contribution in [2.75, 3.05) is 37.6 Å². The Morgan fingerprint density at radius 1 is 0.773 bits per heavy atom. The van der Waals surface area contributed by atoms with Gasteiger partial charge in [-0.25, -0.2) is 9.26 Å². The number of carbonyl (C=O) groups excluding carboxylic acids is 2. The molecule has 2 aromatic heterocycles. The molecule has 4 N–H and O–H groups in total. The summed E-state index contributed by atoms with van der Waals surface area (Å²) in [6.45, 7) is 1.23. The lowest BCUT2D eigenvalue weighted by atomic mass is 10.2. The molecule has 0 unspecified atom stereocenters. The summed E-state index contributed by atoms with van der Waals surface area (Å²) in [7, 11) is 0. The Hall–Kier alpha value is -3.18. The minimum Gasteiger partial charge on any atom is -0.379 e. The van der Waals surface area contributed by atoms with E-state index in [1.807, 2.05) is 0 Å². The summed E-state index contributed by atoms with van der Waals surface area (Å²) < 4.78 is 8.80. The number of rotatable bonds is 2. The van der Waals surface area contributed by atoms with Gasteiger partial charge in [-0.3, -0.25) is 9.59 Å². The molecule has 0 aromatic carbocycles. The van der Waals surface area contributed by atoms with Crippen LogP contribution in [0.4, 0.5) is 11.6 Å². The van der Waals surface area contributed by atoms with Crippen LogP contribution >= 0.6 is 0 Å². The molecular formula is C10H12N8O4. The zero-order chi connectivity index (χ0) is 15.7. The van der Waals surface area contributed by atoms with Crippen molar-refractivity contribution < 1.29 is 18.8 Å². The summed E-state index contributed by atoms with van der Waals surface area (Å²) in [4.78, 5) is 27.3. The Morgan fingerprint density at radius 3 is 1.41 bits per heavy atom. The molecule has 12 nitrogen and oxygen atoms in total. The van der Waals surface area contributed by atoms with Gasteiger partial charge in [0.15, 0.2) is 0 Å². The van der Waals surface area contributed by atoms with E-state index in [2.05, 4.69) is 29.9 Å². The van der Waals surface area contributed by atoms with Gasteiger partial charge in [0.2, 0.25) is 23.0 Å². The summed E-state index contributed by atoms with van der Waals surface area (Å²) >= 11 is 0. The van der Waals surface area contributed by atoms with E-state index in [1.165, 1.54) is 9.80 Å². The third-order valence-electron chi connectivity index (χ3n) is 3.29. The van der Waals surface area contributed by atoms with Crippen molar-refractivity contribution in [1.82, 2.24) is 30.4 Å². The monoisotopic (exact) mass is 308 g/mol. The highest BCUT2D eigenvalue weighted by Crippen LogP contribution is 2.14. The SMILES string of the molecule is Nc1nonc1C(=O)N1CCN(C(=O)c2nonc2N)CC1. The molecule has 1 saturated heterocycles. The van der Waals surface area contributed by atoms with Gasteiger partial charge in [-0.15, -0.1) is 0 Å². The second kappa shape index (κ2) is 5.31. The number of hydrogen-bond donors (Lipinski definition) is 2. The van der Waals surface area contributed by atoms with Crippen LogP contribution in [0.3, 0.4) is 0 Å². The van der Waals surface area contributed by atoms with Crippen molar-refractivity contribution >= 4 is 23.5 Å². The van der Waals surface area contributed by atoms with Gasteiger partial charge in [0.1, 0.15) is 0 Å². The third kappa shape index (κ3) is 2.30. The number of carbonyl (C=O) groups is 2. The van der Waals surface area contributed by atoms with Crippen LogP contribution in [0.25, 0.3) is 0 Å². The predicted octanol–water partition coefficient (Wildman–Crippen LogP) is -1.78. The number of piperazine rings is 1. The van der Waals surface area contributed by atoms with Crippen molar-refractivity contribution in [3.8, 4) is 0 Å². The highest BCUT2D eigenvalue weighted by Gasteiger charge is 2.30. The van der Waals surface area contributed by atoms with Gasteiger partial charge in [0.25, 0.3) is 11.8 Å². The summed E-state index contributed by atoms with van der Waals surface area (Å²) in [6.07, 6.45) is 0. The van der Waals surface area contributed by atoms with E-state index in [0.717, 1.165) is 0 Å². The maximum absolute atomic E-state index is 12.2. The highest BCUT2D eigenvalue weighted by molar-refractivity contribution is 5.97. The van der Waals surface area contributed by atoms with Crippen molar-refractivity contribution in [2.24, 2.45) is 0 Å². The first-order valence-electron chi connectivity index (χ1n) is 6.32. The fourth-order valence-electron chi connectivity index (χ4n) is 2.10. The number of aromatic nitrogens is 4. The van der Waals surface area contributed by atoms with Crippen molar-refractivity contribution in [2.45, 2.75) is 0 Å². The largest absolute Gasteiger partial charge is 0.379 e. The molecule has 0 bridgehead atoms. The molecule has 2 aromatic rings. The molecule has 0 aliphatic carbocycles. The fraction of sp³-hybridized carbons (Fsp3) is 0.400. The molecule has 0 atom stereocenters. The first-order chi connectivity index (χ1) is 10.6. The van der Waals surface area contributed by atoms with E-state index in [9.17, 15) is 9.59 Å². The van der Waals surface area contributed by atoms with Crippen LogP contribution in [-0.4, -0.2) is 68.4 Å². The number of anilines is 2. The lowest BCUT2D eigenvalue weighted by Crippen LogP contribution is -2.50. The zero-order valence-corrected chi connectivity index (χ0v) is 11.3. The second-order valence-electron chi connectivity index (χ2n) is 4.58. The standard InChI is InChI=1S/C10H12N8O4/c11-7-5(13-21-15-7)9(19)17-1-2-18(4-3-17)10(20)6-8(12)16-22-14-6/h1-4H2,(H2,11,15)(H2,12,16). The zero-order valence-electron chi connectivity index (χ0n) is 11.3. The quantitative estimate of drug-likeness (QED) is 0.645. The van der Waals surface area contributed by atoms with Gasteiger partial charge in [-0.1, -0.05) is 0 Å². The van der Waals surface area contributed by atoms with E-state index >= 15 is 0 Å². The molecule has 1 aliphatic heterocycles. The van der Waals surface area contributed by atoms with Crippen LogP contribution in [0.5, 0.6) is 0 Å². The molecule has 1 aliphatic rings. The Bertz CT molecular complexity index is 641. The highest BCUT2D eigenvalue weighted by atomic mass is 16.6. The normalized spacial score (nSPS) is 15.1. The van der Waals surface area contributed by atoms with Gasteiger partial charge in [-0.05, 0) is 20.6 Å². The molecule has 0 saturated carbocycles. The maximum Gasteiger partial charge on any atom is 0.280 e. The van der Waals surface area contributed by atoms with Crippen LogP contribution < -0.4 is 11.5 Å². The molecule has 2 amide bonds. The molecule has 0 radical (unpaired) electrons. The molecule has 22 heavy (non-hydrogen) atoms. The molecular weight excluding hydrogens is 296 g/mol. The van der Waals surface area contributed by atoms with Crippen molar-refractivity contribution in [3.63, 3.8) is 0 Å². The van der Waals surface area contributed by atoms with Gasteiger partial charge in [0, 0.05) is 26.2 Å². The van der Waals surface area contributed by atoms with Crippen LogP contribution in [0.1, 0.15) is 21.0 Å². The van der Waals surface area contributed by atoms with Crippen LogP contribution in [0.2, 0.25) is 0 Å². The smallest absolute Gasteiger partial charge is 0.280 e. The van der Waals surface area contributed by atoms with Crippen LogP contribution in [0, 0.1) is 0 Å². The topological polar surface area (TPSA) is 170 Å². The van der Waals surface area contributed by atoms with Crippen LogP contribution in [0.15, 0.2) is 9.26 Å². The van der Waals surface area contributed by atoms with Crippen molar-refractivity contribution in [3.05, 3.63) is 11.4 Å². The third-order valence-corrected chi connectivity index (χ3v) is 3.29. The number of nitrogens with two attached hydrogens (primary N) is 2. The average Bonchev–Trinajstić information content (AvgIpc) is 3.14. The Morgan fingerprint density at radius 2 is 1.14 bits per heavy atom. The molecule has 0 spiro atoms. The minimum absolute atomic E-state index is 0.0373. The Kier molecular flexibility index (Phi) is 3.33. The first-order valence-corrected chi connectivity index (χ1v) is 6.32. The number of nitrogen functional groups attached to an aromatic ring is 2. The Labute approximate surface area is 122 Å². The summed E-state index contributed by atoms with van der Waals surface area (Å²) in [5.74, 6) is -0.920. The number of nitrogens with zero attached hydrogens (tertiary/aromatic N) is 6. The van der Waals surface area contributed by atoms with Gasteiger partial charge < -0.3 is 21.3 Å². The van der Waals surface area contributed by atoms with Gasteiger partial charge in [-0.2, -0.15) is 0 Å². The Balaban J connectivity index is 1.63. The molecule has 116 valence electrons. The van der Waals surface area contributed by atoms with E-state index < -0.39 is 11.8 Å². The van der Waals surface area contributed by atoms with E-state index in [4.69, 9.17) is 11.5 Å². The molecule has 1 fully saturated rings.